The zero-order valence-electron chi connectivity index (χ0n) is 14.3. The molecule has 2 saturated carbocycles. The van der Waals surface area contributed by atoms with Crippen molar-refractivity contribution in [3.05, 3.63) is 42.6 Å². The number of pyridine rings is 1. The van der Waals surface area contributed by atoms with Crippen LogP contribution in [-0.4, -0.2) is 18.7 Å². The van der Waals surface area contributed by atoms with E-state index in [-0.39, 0.29) is 16.6 Å². The molecule has 130 valence electrons. The van der Waals surface area contributed by atoms with E-state index in [0.717, 1.165) is 25.7 Å². The molecule has 24 heavy (non-hydrogen) atoms. The van der Waals surface area contributed by atoms with Crippen molar-refractivity contribution in [2.45, 2.75) is 39.5 Å². The Bertz CT molecular complexity index is 756. The molecule has 2 aliphatic rings. The Morgan fingerprint density at radius 2 is 1.75 bits per heavy atom. The normalized spacial score (nSPS) is 27.7. The fraction of sp³-hybridized carbons (Fsp3) is 0.526. The topological polar surface area (TPSA) is 71.3 Å². The second kappa shape index (κ2) is 6.12. The highest BCUT2D eigenvalue weighted by Gasteiger charge is 2.59. The predicted octanol–water partition coefficient (Wildman–Crippen LogP) is 3.40. The zero-order chi connectivity index (χ0) is 17.4. The lowest BCUT2D eigenvalue weighted by molar-refractivity contribution is -0.344. The highest BCUT2D eigenvalue weighted by Crippen LogP contribution is 2.65. The first kappa shape index (κ1) is 17.4. The summed E-state index contributed by atoms with van der Waals surface area (Å²) in [6, 6.07) is 12.3. The summed E-state index contributed by atoms with van der Waals surface area (Å²) < 4.78 is 32.7. The molecule has 2 bridgehead atoms. The lowest BCUT2D eigenvalue weighted by Crippen LogP contribution is -2.36. The minimum Gasteiger partial charge on any atom is -0.748 e. The van der Waals surface area contributed by atoms with Crippen LogP contribution < -0.4 is 4.98 Å². The molecule has 1 aromatic heterocycles. The SMILES string of the molecule is CC1(C)C2CCC1(CS(=O)(=O)[O-])CC2.c1ccc2[nH+]cccc2c1. The van der Waals surface area contributed by atoms with Gasteiger partial charge in [-0.25, -0.2) is 13.4 Å². The largest absolute Gasteiger partial charge is 0.748 e. The Labute approximate surface area is 144 Å². The molecule has 0 aliphatic heterocycles. The predicted molar refractivity (Wildman–Crippen MR) is 93.2 cm³/mol. The Morgan fingerprint density at radius 1 is 1.12 bits per heavy atom. The quantitative estimate of drug-likeness (QED) is 0.782. The van der Waals surface area contributed by atoms with E-state index in [1.807, 2.05) is 24.4 Å². The molecule has 4 nitrogen and oxygen atoms in total. The maximum atomic E-state index is 10.9. The summed E-state index contributed by atoms with van der Waals surface area (Å²) in [7, 11) is -4.07. The van der Waals surface area contributed by atoms with Crippen LogP contribution >= 0.6 is 0 Å². The van der Waals surface area contributed by atoms with Gasteiger partial charge < -0.3 is 4.55 Å². The molecule has 0 amide bonds. The molecule has 0 atom stereocenters. The van der Waals surface area contributed by atoms with Crippen molar-refractivity contribution in [3.8, 4) is 0 Å². The summed E-state index contributed by atoms with van der Waals surface area (Å²) >= 11 is 0. The highest BCUT2D eigenvalue weighted by molar-refractivity contribution is 7.85. The molecule has 1 aromatic carbocycles. The van der Waals surface area contributed by atoms with Crippen molar-refractivity contribution in [1.29, 1.82) is 0 Å². The summed E-state index contributed by atoms with van der Waals surface area (Å²) in [5.74, 6) is 0.480. The minimum absolute atomic E-state index is 0.0461. The number of hydrogen-bond acceptors (Lipinski definition) is 3. The van der Waals surface area contributed by atoms with E-state index in [4.69, 9.17) is 0 Å². The van der Waals surface area contributed by atoms with Crippen molar-refractivity contribution in [1.82, 2.24) is 0 Å². The van der Waals surface area contributed by atoms with Gasteiger partial charge in [0, 0.05) is 23.3 Å². The summed E-state index contributed by atoms with van der Waals surface area (Å²) in [5, 5.41) is 1.25. The van der Waals surface area contributed by atoms with E-state index in [1.54, 1.807) is 0 Å². The number of nitrogens with one attached hydrogen (secondary N) is 1. The van der Waals surface area contributed by atoms with Gasteiger partial charge in [0.05, 0.1) is 10.1 Å². The van der Waals surface area contributed by atoms with Crippen molar-refractivity contribution >= 4 is 21.0 Å². The van der Waals surface area contributed by atoms with Crippen molar-refractivity contribution in [3.63, 3.8) is 0 Å². The molecule has 2 fully saturated rings. The molecule has 2 aromatic rings. The molecule has 4 rings (SSSR count). The molecule has 0 spiro atoms. The van der Waals surface area contributed by atoms with E-state index >= 15 is 0 Å². The zero-order valence-corrected chi connectivity index (χ0v) is 15.1. The van der Waals surface area contributed by atoms with Crippen LogP contribution in [0.4, 0.5) is 0 Å². The van der Waals surface area contributed by atoms with Gasteiger partial charge in [-0.1, -0.05) is 26.0 Å². The van der Waals surface area contributed by atoms with Crippen LogP contribution in [0.2, 0.25) is 0 Å². The smallest absolute Gasteiger partial charge is 0.210 e. The third-order valence-electron chi connectivity index (χ3n) is 6.35. The first-order valence-electron chi connectivity index (χ1n) is 8.53. The van der Waals surface area contributed by atoms with Crippen LogP contribution in [0.1, 0.15) is 39.5 Å². The Hall–Kier alpha value is -1.46. The van der Waals surface area contributed by atoms with E-state index in [1.165, 1.54) is 10.9 Å². The van der Waals surface area contributed by atoms with Gasteiger partial charge in [0.1, 0.15) is 0 Å². The molecule has 0 saturated heterocycles. The fourth-order valence-corrected chi connectivity index (χ4v) is 6.04. The van der Waals surface area contributed by atoms with E-state index in [9.17, 15) is 13.0 Å². The highest BCUT2D eigenvalue weighted by atomic mass is 32.2. The molecule has 1 N–H and O–H groups in total. The average Bonchev–Trinajstić information content (AvgIpc) is 2.90. The second-order valence-corrected chi connectivity index (χ2v) is 9.14. The lowest BCUT2D eigenvalue weighted by Gasteiger charge is -2.38. The molecular weight excluding hydrogens is 322 g/mol. The number of aromatic nitrogens is 1. The van der Waals surface area contributed by atoms with Gasteiger partial charge in [-0.3, -0.25) is 0 Å². The van der Waals surface area contributed by atoms with Gasteiger partial charge in [0.2, 0.25) is 5.52 Å². The molecule has 0 unspecified atom stereocenters. The third kappa shape index (κ3) is 3.20. The molecule has 2 aliphatic carbocycles. The van der Waals surface area contributed by atoms with Crippen LogP contribution in [-0.2, 0) is 10.1 Å². The molecule has 1 heterocycles. The van der Waals surface area contributed by atoms with Gasteiger partial charge in [-0.05, 0) is 54.6 Å². The standard InChI is InChI=1S/C10H18O3S.C9H7N/c1-9(2)8-3-5-10(9,6-4-8)7-14(11,12)13;1-2-6-9-8(4-1)5-3-7-10-9/h8H,3-7H2,1-2H3,(H,11,12,13);1-7H. The lowest BCUT2D eigenvalue weighted by atomic mass is 9.71. The first-order valence-corrected chi connectivity index (χ1v) is 10.1. The number of para-hydroxylation sites is 1. The monoisotopic (exact) mass is 347 g/mol. The van der Waals surface area contributed by atoms with Gasteiger partial charge in [0.15, 0.2) is 6.20 Å². The van der Waals surface area contributed by atoms with Crippen molar-refractivity contribution in [2.24, 2.45) is 16.7 Å². The number of rotatable bonds is 2. The summed E-state index contributed by atoms with van der Waals surface area (Å²) in [4.78, 5) is 3.15. The first-order chi connectivity index (χ1) is 11.2. The summed E-state index contributed by atoms with van der Waals surface area (Å²) in [5.41, 5.74) is 1.02. The summed E-state index contributed by atoms with van der Waals surface area (Å²) in [6.45, 7) is 4.26. The Balaban J connectivity index is 0.000000149. The number of H-pyrrole nitrogens is 1. The van der Waals surface area contributed by atoms with Crippen LogP contribution in [0.3, 0.4) is 0 Å². The third-order valence-corrected chi connectivity index (χ3v) is 7.26. The van der Waals surface area contributed by atoms with Gasteiger partial charge >= 0.3 is 0 Å². The minimum atomic E-state index is -4.07. The maximum absolute atomic E-state index is 10.9. The van der Waals surface area contributed by atoms with Crippen LogP contribution in [0.15, 0.2) is 42.6 Å². The number of hydrogen-bond donors (Lipinski definition) is 0. The van der Waals surface area contributed by atoms with Gasteiger partial charge in [-0.2, -0.15) is 0 Å². The summed E-state index contributed by atoms with van der Waals surface area (Å²) in [6.07, 6.45) is 5.98. The second-order valence-electron chi connectivity index (χ2n) is 7.74. The average molecular weight is 347 g/mol. The van der Waals surface area contributed by atoms with E-state index < -0.39 is 10.1 Å². The number of aromatic amines is 1. The molecular formula is C19H25NO3S. The van der Waals surface area contributed by atoms with Gasteiger partial charge in [-0.15, -0.1) is 0 Å². The van der Waals surface area contributed by atoms with E-state index in [2.05, 4.69) is 37.0 Å². The van der Waals surface area contributed by atoms with Crippen LogP contribution in [0, 0.1) is 16.7 Å². The van der Waals surface area contributed by atoms with Crippen molar-refractivity contribution in [2.75, 3.05) is 5.75 Å². The molecule has 0 radical (unpaired) electrons. The Kier molecular flexibility index (Phi) is 4.43. The van der Waals surface area contributed by atoms with E-state index in [0.29, 0.717) is 5.92 Å². The fourth-order valence-electron chi connectivity index (χ4n) is 4.70. The number of fused-ring (bicyclic) bond motifs is 3. The van der Waals surface area contributed by atoms with Crippen molar-refractivity contribution < 1.29 is 18.0 Å². The van der Waals surface area contributed by atoms with Crippen LogP contribution in [0.25, 0.3) is 10.9 Å². The maximum Gasteiger partial charge on any atom is 0.210 e. The number of benzene rings is 1. The van der Waals surface area contributed by atoms with Crippen LogP contribution in [0.5, 0.6) is 0 Å². The Morgan fingerprint density at radius 3 is 2.29 bits per heavy atom. The molecule has 5 heteroatoms. The van der Waals surface area contributed by atoms with Gasteiger partial charge in [0.25, 0.3) is 0 Å².